The first-order valence-corrected chi connectivity index (χ1v) is 4.06. The molecule has 0 heterocycles. The number of benzene rings is 1. The van der Waals surface area contributed by atoms with E-state index in [0.717, 1.165) is 16.7 Å². The van der Waals surface area contributed by atoms with Crippen LogP contribution < -0.4 is 0 Å². The molecule has 0 aliphatic rings. The van der Waals surface area contributed by atoms with Crippen LogP contribution in [0.5, 0.6) is 0 Å². The van der Waals surface area contributed by atoms with Gasteiger partial charge in [-0.05, 0) is 48.7 Å². The summed E-state index contributed by atoms with van der Waals surface area (Å²) in [5.41, 5.74) is 3.75. The zero-order chi connectivity index (χ0) is 10.4. The highest BCUT2D eigenvalue weighted by Gasteiger charge is 2.01. The average Bonchev–Trinajstić information content (AvgIpc) is 2.14. The van der Waals surface area contributed by atoms with Gasteiger partial charge < -0.3 is 0 Å². The molecule has 0 aliphatic heterocycles. The second-order valence-electron chi connectivity index (χ2n) is 2.82. The molecular weight excluding hydrogens is 162 g/mol. The van der Waals surface area contributed by atoms with Crippen LogP contribution in [0.4, 0.5) is 5.69 Å². The smallest absolute Gasteiger partial charge is 0.111 e. The standard InChI is InChI=1S/C9H11NO.C2H4/c1-6-4-7(2)8(3)9(5-6)10-11;1-2/h4-5H,1-3H3;1-2H2. The molecule has 0 N–H and O–H groups in total. The Bertz CT molecular complexity index is 305. The Hall–Kier alpha value is -1.44. The quantitative estimate of drug-likeness (QED) is 0.473. The first kappa shape index (κ1) is 11.6. The number of rotatable bonds is 1. The molecule has 0 saturated heterocycles. The minimum absolute atomic E-state index is 0.558. The summed E-state index contributed by atoms with van der Waals surface area (Å²) in [6, 6.07) is 3.85. The molecule has 0 atom stereocenters. The Morgan fingerprint density at radius 1 is 1.15 bits per heavy atom. The number of aryl methyl sites for hydroxylation is 2. The lowest BCUT2D eigenvalue weighted by Crippen LogP contribution is -1.82. The van der Waals surface area contributed by atoms with Gasteiger partial charge in [-0.1, -0.05) is 6.07 Å². The van der Waals surface area contributed by atoms with Crippen LogP contribution in [0.25, 0.3) is 0 Å². The fourth-order valence-corrected chi connectivity index (χ4v) is 1.11. The molecule has 0 radical (unpaired) electrons. The van der Waals surface area contributed by atoms with Gasteiger partial charge in [0, 0.05) is 0 Å². The van der Waals surface area contributed by atoms with Crippen molar-refractivity contribution in [2.24, 2.45) is 5.18 Å². The molecule has 2 nitrogen and oxygen atoms in total. The third kappa shape index (κ3) is 2.82. The number of nitrogens with zero attached hydrogens (tertiary/aromatic N) is 1. The van der Waals surface area contributed by atoms with Crippen molar-refractivity contribution in [1.29, 1.82) is 0 Å². The van der Waals surface area contributed by atoms with E-state index in [0.29, 0.717) is 5.69 Å². The van der Waals surface area contributed by atoms with Gasteiger partial charge in [-0.15, -0.1) is 18.1 Å². The van der Waals surface area contributed by atoms with Gasteiger partial charge in [-0.25, -0.2) is 0 Å². The molecule has 1 aromatic rings. The highest BCUT2D eigenvalue weighted by Crippen LogP contribution is 2.22. The van der Waals surface area contributed by atoms with Gasteiger partial charge >= 0.3 is 0 Å². The molecule has 0 saturated carbocycles. The van der Waals surface area contributed by atoms with Crippen molar-refractivity contribution in [2.45, 2.75) is 20.8 Å². The fourth-order valence-electron chi connectivity index (χ4n) is 1.11. The Balaban J connectivity index is 0.000000671. The van der Waals surface area contributed by atoms with Gasteiger partial charge in [0.25, 0.3) is 0 Å². The molecule has 0 spiro atoms. The molecule has 0 bridgehead atoms. The SMILES string of the molecule is C=C.Cc1cc(C)c(C)c(N=O)c1. The second kappa shape index (κ2) is 5.25. The van der Waals surface area contributed by atoms with Crippen LogP contribution in [0.2, 0.25) is 0 Å². The summed E-state index contributed by atoms with van der Waals surface area (Å²) < 4.78 is 0. The molecule has 0 unspecified atom stereocenters. The zero-order valence-electron chi connectivity index (χ0n) is 8.42. The molecule has 0 fully saturated rings. The summed E-state index contributed by atoms with van der Waals surface area (Å²) in [4.78, 5) is 10.3. The lowest BCUT2D eigenvalue weighted by molar-refractivity contribution is 1.27. The second-order valence-corrected chi connectivity index (χ2v) is 2.82. The van der Waals surface area contributed by atoms with E-state index in [1.807, 2.05) is 26.8 Å². The van der Waals surface area contributed by atoms with Crippen molar-refractivity contribution in [1.82, 2.24) is 0 Å². The van der Waals surface area contributed by atoms with E-state index in [9.17, 15) is 4.91 Å². The van der Waals surface area contributed by atoms with Crippen molar-refractivity contribution < 1.29 is 0 Å². The Kier molecular flexibility index (Phi) is 4.67. The topological polar surface area (TPSA) is 29.4 Å². The average molecular weight is 177 g/mol. The van der Waals surface area contributed by atoms with Gasteiger partial charge in [-0.2, -0.15) is 0 Å². The summed E-state index contributed by atoms with van der Waals surface area (Å²) >= 11 is 0. The molecule has 1 aromatic carbocycles. The summed E-state index contributed by atoms with van der Waals surface area (Å²) in [5.74, 6) is 0. The summed E-state index contributed by atoms with van der Waals surface area (Å²) in [7, 11) is 0. The van der Waals surface area contributed by atoms with E-state index in [1.54, 1.807) is 6.07 Å². The predicted octanol–water partition coefficient (Wildman–Crippen LogP) is 3.81. The van der Waals surface area contributed by atoms with E-state index >= 15 is 0 Å². The van der Waals surface area contributed by atoms with Gasteiger partial charge in [0.05, 0.1) is 0 Å². The number of nitroso groups, excluding NO2 is 1. The molecular formula is C11H15NO. The van der Waals surface area contributed by atoms with Gasteiger partial charge in [0.15, 0.2) is 0 Å². The Morgan fingerprint density at radius 2 is 1.69 bits per heavy atom. The van der Waals surface area contributed by atoms with E-state index in [4.69, 9.17) is 0 Å². The van der Waals surface area contributed by atoms with Gasteiger partial charge in [0.2, 0.25) is 0 Å². The van der Waals surface area contributed by atoms with Crippen molar-refractivity contribution in [2.75, 3.05) is 0 Å². The monoisotopic (exact) mass is 177 g/mol. The van der Waals surface area contributed by atoms with Crippen LogP contribution in [0.3, 0.4) is 0 Å². The molecule has 0 aromatic heterocycles. The third-order valence-corrected chi connectivity index (χ3v) is 1.88. The van der Waals surface area contributed by atoms with E-state index < -0.39 is 0 Å². The van der Waals surface area contributed by atoms with Gasteiger partial charge in [-0.3, -0.25) is 0 Å². The maximum Gasteiger partial charge on any atom is 0.111 e. The van der Waals surface area contributed by atoms with Crippen LogP contribution in [0, 0.1) is 25.7 Å². The van der Waals surface area contributed by atoms with Crippen LogP contribution in [-0.4, -0.2) is 0 Å². The number of hydrogen-bond donors (Lipinski definition) is 0. The largest absolute Gasteiger partial charge is 0.145 e. The summed E-state index contributed by atoms with van der Waals surface area (Å²) in [6.45, 7) is 11.9. The molecule has 13 heavy (non-hydrogen) atoms. The van der Waals surface area contributed by atoms with Crippen molar-refractivity contribution in [3.05, 3.63) is 46.9 Å². The minimum atomic E-state index is 0.558. The normalized spacial score (nSPS) is 8.54. The number of hydrogen-bond acceptors (Lipinski definition) is 2. The molecule has 0 amide bonds. The van der Waals surface area contributed by atoms with Crippen LogP contribution >= 0.6 is 0 Å². The summed E-state index contributed by atoms with van der Waals surface area (Å²) in [6.07, 6.45) is 0. The van der Waals surface area contributed by atoms with Gasteiger partial charge in [0.1, 0.15) is 5.69 Å². The minimum Gasteiger partial charge on any atom is -0.145 e. The maximum atomic E-state index is 10.3. The lowest BCUT2D eigenvalue weighted by atomic mass is 10.1. The predicted molar refractivity (Wildman–Crippen MR) is 57.4 cm³/mol. The van der Waals surface area contributed by atoms with Crippen molar-refractivity contribution in [3.8, 4) is 0 Å². The highest BCUT2D eigenvalue weighted by atomic mass is 16.3. The van der Waals surface area contributed by atoms with E-state index in [-0.39, 0.29) is 0 Å². The zero-order valence-corrected chi connectivity index (χ0v) is 8.42. The Morgan fingerprint density at radius 3 is 2.15 bits per heavy atom. The van der Waals surface area contributed by atoms with Crippen molar-refractivity contribution >= 4 is 5.69 Å². The lowest BCUT2D eigenvalue weighted by Gasteiger charge is -2.02. The first-order chi connectivity index (χ1) is 6.15. The Labute approximate surface area is 79.3 Å². The van der Waals surface area contributed by atoms with Crippen LogP contribution in [-0.2, 0) is 0 Å². The molecule has 1 rings (SSSR count). The van der Waals surface area contributed by atoms with Crippen LogP contribution in [0.1, 0.15) is 16.7 Å². The first-order valence-electron chi connectivity index (χ1n) is 4.06. The molecule has 70 valence electrons. The molecule has 0 aliphatic carbocycles. The van der Waals surface area contributed by atoms with Crippen molar-refractivity contribution in [3.63, 3.8) is 0 Å². The van der Waals surface area contributed by atoms with E-state index in [1.165, 1.54) is 0 Å². The van der Waals surface area contributed by atoms with Crippen LogP contribution in [0.15, 0.2) is 30.5 Å². The maximum absolute atomic E-state index is 10.3. The molecule has 2 heteroatoms. The highest BCUT2D eigenvalue weighted by molar-refractivity contribution is 5.51. The summed E-state index contributed by atoms with van der Waals surface area (Å²) in [5, 5.41) is 2.94. The van der Waals surface area contributed by atoms with E-state index in [2.05, 4.69) is 18.3 Å². The fraction of sp³-hybridized carbons (Fsp3) is 0.273. The third-order valence-electron chi connectivity index (χ3n) is 1.88.